The van der Waals surface area contributed by atoms with Crippen LogP contribution in [-0.4, -0.2) is 60.8 Å². The number of carbonyl (C=O) groups is 3. The Kier molecular flexibility index (Phi) is 7.80. The average molecular weight is 392 g/mol. The summed E-state index contributed by atoms with van der Waals surface area (Å²) >= 11 is 0. The van der Waals surface area contributed by atoms with Crippen LogP contribution in [0.2, 0.25) is 0 Å². The summed E-state index contributed by atoms with van der Waals surface area (Å²) in [6, 6.07) is 8.17. The predicted molar refractivity (Wildman–Crippen MR) is 101 cm³/mol. The first-order valence-electron chi connectivity index (χ1n) is 9.30. The summed E-state index contributed by atoms with van der Waals surface area (Å²) in [6.07, 6.45) is -1.03. The molecule has 0 aromatic heterocycles. The Bertz CT molecular complexity index is 665. The van der Waals surface area contributed by atoms with Gasteiger partial charge in [0.25, 0.3) is 0 Å². The van der Waals surface area contributed by atoms with Crippen LogP contribution in [0.15, 0.2) is 30.3 Å². The molecule has 2 rings (SSSR count). The lowest BCUT2D eigenvalue weighted by atomic mass is 10.1. The fraction of sp³-hybridized carbons (Fsp3) is 0.550. The average Bonchev–Trinajstić information content (AvgIpc) is 2.65. The maximum Gasteiger partial charge on any atom is 0.408 e. The zero-order chi connectivity index (χ0) is 20.6. The monoisotopic (exact) mass is 392 g/mol. The zero-order valence-electron chi connectivity index (χ0n) is 16.6. The largest absolute Gasteiger partial charge is 0.461 e. The van der Waals surface area contributed by atoms with Gasteiger partial charge in [0.2, 0.25) is 5.91 Å². The van der Waals surface area contributed by atoms with E-state index in [0.717, 1.165) is 5.56 Å². The second-order valence-electron chi connectivity index (χ2n) is 7.49. The van der Waals surface area contributed by atoms with E-state index in [1.165, 1.54) is 0 Å². The molecule has 0 radical (unpaired) electrons. The summed E-state index contributed by atoms with van der Waals surface area (Å²) in [5.41, 5.74) is 0.122. The van der Waals surface area contributed by atoms with Crippen LogP contribution < -0.4 is 5.32 Å². The highest BCUT2D eigenvalue weighted by Crippen LogP contribution is 2.10. The molecule has 154 valence electrons. The lowest BCUT2D eigenvalue weighted by Gasteiger charge is -2.31. The van der Waals surface area contributed by atoms with Gasteiger partial charge in [0.15, 0.2) is 0 Å². The summed E-state index contributed by atoms with van der Waals surface area (Å²) < 4.78 is 15.7. The predicted octanol–water partition coefficient (Wildman–Crippen LogP) is 1.87. The van der Waals surface area contributed by atoms with Gasteiger partial charge in [-0.05, 0) is 26.3 Å². The number of carbonyl (C=O) groups excluding carboxylic acids is 3. The maximum absolute atomic E-state index is 12.8. The minimum atomic E-state index is -1.06. The topological polar surface area (TPSA) is 94.2 Å². The molecule has 0 unspecified atom stereocenters. The van der Waals surface area contributed by atoms with E-state index in [1.54, 1.807) is 25.7 Å². The summed E-state index contributed by atoms with van der Waals surface area (Å²) in [6.45, 7) is 6.92. The lowest BCUT2D eigenvalue weighted by molar-refractivity contribution is -0.149. The molecular weight excluding hydrogens is 364 g/mol. The van der Waals surface area contributed by atoms with Crippen molar-refractivity contribution in [2.24, 2.45) is 0 Å². The van der Waals surface area contributed by atoms with Crippen LogP contribution in [0.1, 0.15) is 32.8 Å². The van der Waals surface area contributed by atoms with Crippen molar-refractivity contribution in [3.63, 3.8) is 0 Å². The number of esters is 1. The Morgan fingerprint density at radius 1 is 1.14 bits per heavy atom. The van der Waals surface area contributed by atoms with Crippen LogP contribution in [0.25, 0.3) is 0 Å². The second-order valence-corrected chi connectivity index (χ2v) is 7.49. The number of hydrogen-bond donors (Lipinski definition) is 1. The number of nitrogens with zero attached hydrogens (tertiary/aromatic N) is 1. The highest BCUT2D eigenvalue weighted by atomic mass is 16.6. The van der Waals surface area contributed by atoms with Crippen molar-refractivity contribution in [2.75, 3.05) is 26.3 Å². The van der Waals surface area contributed by atoms with Gasteiger partial charge in [0, 0.05) is 13.1 Å². The van der Waals surface area contributed by atoms with Crippen molar-refractivity contribution in [3.05, 3.63) is 35.9 Å². The molecule has 0 spiro atoms. The van der Waals surface area contributed by atoms with E-state index in [-0.39, 0.29) is 18.9 Å². The van der Waals surface area contributed by atoms with Gasteiger partial charge < -0.3 is 24.4 Å². The molecule has 1 heterocycles. The highest BCUT2D eigenvalue weighted by molar-refractivity contribution is 5.89. The molecule has 1 aromatic rings. The summed E-state index contributed by atoms with van der Waals surface area (Å²) in [4.78, 5) is 38.8. The third kappa shape index (κ3) is 7.56. The third-order valence-electron chi connectivity index (χ3n) is 3.93. The summed E-state index contributed by atoms with van der Waals surface area (Å²) in [5, 5.41) is 2.51. The van der Waals surface area contributed by atoms with Crippen LogP contribution in [-0.2, 0) is 30.4 Å². The lowest BCUT2D eigenvalue weighted by Crippen LogP contribution is -2.53. The van der Waals surface area contributed by atoms with Crippen molar-refractivity contribution in [3.8, 4) is 0 Å². The third-order valence-corrected chi connectivity index (χ3v) is 3.93. The van der Waals surface area contributed by atoms with E-state index in [1.807, 2.05) is 30.3 Å². The molecule has 0 bridgehead atoms. The van der Waals surface area contributed by atoms with Crippen molar-refractivity contribution in [1.29, 1.82) is 0 Å². The molecule has 1 N–H and O–H groups in total. The van der Waals surface area contributed by atoms with E-state index >= 15 is 0 Å². The molecule has 28 heavy (non-hydrogen) atoms. The van der Waals surface area contributed by atoms with Crippen LogP contribution >= 0.6 is 0 Å². The maximum atomic E-state index is 12.8. The van der Waals surface area contributed by atoms with Crippen molar-refractivity contribution in [1.82, 2.24) is 10.2 Å². The quantitative estimate of drug-likeness (QED) is 0.743. The van der Waals surface area contributed by atoms with E-state index in [4.69, 9.17) is 14.2 Å². The van der Waals surface area contributed by atoms with Gasteiger partial charge in [0.1, 0.15) is 18.2 Å². The molecule has 1 atom stereocenters. The molecule has 0 aliphatic carbocycles. The first kappa shape index (κ1) is 21.7. The Labute approximate surface area is 165 Å². The number of rotatable bonds is 6. The zero-order valence-corrected chi connectivity index (χ0v) is 16.6. The molecule has 0 saturated carbocycles. The standard InChI is InChI=1S/C20H28N2O6/c1-20(2,3)28-19(25)21-16(18(24)22-9-11-26-12-10-22)13-17(23)27-14-15-7-5-4-6-8-15/h4-8,16H,9-14H2,1-3H3,(H,21,25)/t16-/m0/s1. The molecular formula is C20H28N2O6. The normalized spacial score (nSPS) is 15.5. The van der Waals surface area contributed by atoms with Crippen molar-refractivity contribution >= 4 is 18.0 Å². The van der Waals surface area contributed by atoms with E-state index in [9.17, 15) is 14.4 Å². The molecule has 2 amide bonds. The Morgan fingerprint density at radius 2 is 1.79 bits per heavy atom. The smallest absolute Gasteiger partial charge is 0.408 e. The molecule has 1 saturated heterocycles. The number of benzene rings is 1. The van der Waals surface area contributed by atoms with Gasteiger partial charge in [-0.2, -0.15) is 0 Å². The number of morpholine rings is 1. The fourth-order valence-corrected chi connectivity index (χ4v) is 2.62. The second kappa shape index (κ2) is 10.1. The van der Waals surface area contributed by atoms with Gasteiger partial charge in [-0.1, -0.05) is 30.3 Å². The van der Waals surface area contributed by atoms with E-state index in [2.05, 4.69) is 5.32 Å². The number of nitrogens with one attached hydrogen (secondary N) is 1. The number of amides is 2. The van der Waals surface area contributed by atoms with Crippen LogP contribution in [0.3, 0.4) is 0 Å². The Morgan fingerprint density at radius 3 is 2.39 bits per heavy atom. The van der Waals surface area contributed by atoms with Gasteiger partial charge >= 0.3 is 12.1 Å². The molecule has 1 fully saturated rings. The molecule has 1 aliphatic rings. The highest BCUT2D eigenvalue weighted by Gasteiger charge is 2.31. The van der Waals surface area contributed by atoms with Crippen molar-refractivity contribution < 1.29 is 28.6 Å². The van der Waals surface area contributed by atoms with Crippen molar-refractivity contribution in [2.45, 2.75) is 45.4 Å². The van der Waals surface area contributed by atoms with Gasteiger partial charge in [0.05, 0.1) is 19.6 Å². The Hall–Kier alpha value is -2.61. The van der Waals surface area contributed by atoms with E-state index < -0.39 is 23.7 Å². The minimum Gasteiger partial charge on any atom is -0.461 e. The first-order chi connectivity index (χ1) is 13.2. The Balaban J connectivity index is 1.98. The van der Waals surface area contributed by atoms with Gasteiger partial charge in [-0.25, -0.2) is 4.79 Å². The van der Waals surface area contributed by atoms with Gasteiger partial charge in [-0.15, -0.1) is 0 Å². The molecule has 1 aromatic carbocycles. The minimum absolute atomic E-state index is 0.102. The molecule has 8 nitrogen and oxygen atoms in total. The fourth-order valence-electron chi connectivity index (χ4n) is 2.62. The number of ether oxygens (including phenoxy) is 3. The number of alkyl carbamates (subject to hydrolysis) is 1. The number of hydrogen-bond acceptors (Lipinski definition) is 6. The molecule has 1 aliphatic heterocycles. The SMILES string of the molecule is CC(C)(C)OC(=O)N[C@@H](CC(=O)OCc1ccccc1)C(=O)N1CCOCC1. The van der Waals surface area contributed by atoms with Crippen LogP contribution in [0, 0.1) is 0 Å². The van der Waals surface area contributed by atoms with E-state index in [0.29, 0.717) is 26.3 Å². The summed E-state index contributed by atoms with van der Waals surface area (Å²) in [5.74, 6) is -0.933. The first-order valence-corrected chi connectivity index (χ1v) is 9.30. The summed E-state index contributed by atoms with van der Waals surface area (Å²) in [7, 11) is 0. The van der Waals surface area contributed by atoms with Gasteiger partial charge in [-0.3, -0.25) is 9.59 Å². The molecule has 8 heteroatoms. The van der Waals surface area contributed by atoms with Crippen LogP contribution in [0.5, 0.6) is 0 Å². The van der Waals surface area contributed by atoms with Crippen LogP contribution in [0.4, 0.5) is 4.79 Å².